The second-order valence-electron chi connectivity index (χ2n) is 5.40. The maximum absolute atomic E-state index is 12.1. The predicted molar refractivity (Wildman–Crippen MR) is 79.3 cm³/mol. The summed E-state index contributed by atoms with van der Waals surface area (Å²) in [6.45, 7) is 0. The van der Waals surface area contributed by atoms with Gasteiger partial charge in [-0.2, -0.15) is 0 Å². The Labute approximate surface area is 125 Å². The predicted octanol–water partition coefficient (Wildman–Crippen LogP) is 1.28. The average Bonchev–Trinajstić information content (AvgIpc) is 2.49. The molecular weight excluding hydrogens is 270 g/mol. The fourth-order valence-electron chi connectivity index (χ4n) is 2.78. The van der Waals surface area contributed by atoms with Crippen molar-refractivity contribution in [2.24, 2.45) is 0 Å². The molecule has 1 aromatic rings. The Balaban J connectivity index is 1.91. The number of aliphatic hydroxyl groups is 1. The van der Waals surface area contributed by atoms with Crippen molar-refractivity contribution >= 4 is 5.91 Å². The van der Waals surface area contributed by atoms with Crippen LogP contribution in [0.15, 0.2) is 24.3 Å². The molecule has 116 valence electrons. The Morgan fingerprint density at radius 1 is 1.38 bits per heavy atom. The summed E-state index contributed by atoms with van der Waals surface area (Å²) in [6.07, 6.45) is 2.00. The third-order valence-electron chi connectivity index (χ3n) is 3.94. The van der Waals surface area contributed by atoms with Crippen molar-refractivity contribution in [3.05, 3.63) is 29.8 Å². The van der Waals surface area contributed by atoms with Crippen LogP contribution in [0.25, 0.3) is 0 Å². The van der Waals surface area contributed by atoms with Gasteiger partial charge in [-0.05, 0) is 37.0 Å². The molecule has 0 aliphatic heterocycles. The first-order valence-electron chi connectivity index (χ1n) is 7.27. The molecule has 0 bridgehead atoms. The highest BCUT2D eigenvalue weighted by Gasteiger charge is 2.32. The van der Waals surface area contributed by atoms with Gasteiger partial charge in [-0.1, -0.05) is 12.1 Å². The maximum Gasteiger partial charge on any atom is 0.224 e. The Bertz CT molecular complexity index is 477. The van der Waals surface area contributed by atoms with E-state index in [2.05, 4.69) is 5.32 Å². The van der Waals surface area contributed by atoms with Crippen molar-refractivity contribution in [1.29, 1.82) is 0 Å². The molecule has 1 fully saturated rings. The molecule has 0 spiro atoms. The van der Waals surface area contributed by atoms with E-state index in [4.69, 9.17) is 9.47 Å². The van der Waals surface area contributed by atoms with Crippen molar-refractivity contribution in [3.8, 4) is 5.75 Å². The van der Waals surface area contributed by atoms with Crippen molar-refractivity contribution in [2.75, 3.05) is 14.2 Å². The van der Waals surface area contributed by atoms with E-state index in [0.717, 1.165) is 30.6 Å². The average molecular weight is 293 g/mol. The highest BCUT2D eigenvalue weighted by atomic mass is 16.5. The molecule has 0 radical (unpaired) electrons. The van der Waals surface area contributed by atoms with Gasteiger partial charge in [0, 0.05) is 7.11 Å². The molecule has 5 nitrogen and oxygen atoms in total. The number of amides is 1. The zero-order valence-electron chi connectivity index (χ0n) is 12.5. The van der Waals surface area contributed by atoms with E-state index in [9.17, 15) is 9.90 Å². The van der Waals surface area contributed by atoms with Crippen LogP contribution in [-0.4, -0.2) is 43.5 Å². The monoisotopic (exact) mass is 293 g/mol. The van der Waals surface area contributed by atoms with Crippen LogP contribution in [0.5, 0.6) is 5.75 Å². The van der Waals surface area contributed by atoms with Gasteiger partial charge in [0.2, 0.25) is 5.91 Å². The Hall–Kier alpha value is -1.59. The minimum atomic E-state index is -0.641. The van der Waals surface area contributed by atoms with Gasteiger partial charge in [-0.15, -0.1) is 0 Å². The van der Waals surface area contributed by atoms with Crippen LogP contribution in [0, 0.1) is 0 Å². The molecule has 1 saturated carbocycles. The van der Waals surface area contributed by atoms with Gasteiger partial charge in [0.1, 0.15) is 11.9 Å². The van der Waals surface area contributed by atoms with Crippen LogP contribution in [0.3, 0.4) is 0 Å². The number of carbonyl (C=O) groups excluding carboxylic acids is 1. The van der Waals surface area contributed by atoms with Gasteiger partial charge in [0.15, 0.2) is 0 Å². The van der Waals surface area contributed by atoms with E-state index < -0.39 is 6.10 Å². The molecule has 2 rings (SSSR count). The highest BCUT2D eigenvalue weighted by Crippen LogP contribution is 2.21. The lowest BCUT2D eigenvalue weighted by Gasteiger charge is -2.34. The summed E-state index contributed by atoms with van der Waals surface area (Å²) in [5.74, 6) is 0.640. The molecule has 0 unspecified atom stereocenters. The van der Waals surface area contributed by atoms with Crippen molar-refractivity contribution in [3.63, 3.8) is 0 Å². The first-order valence-corrected chi connectivity index (χ1v) is 7.27. The van der Waals surface area contributed by atoms with Crippen LogP contribution in [0.4, 0.5) is 0 Å². The van der Waals surface area contributed by atoms with Crippen molar-refractivity contribution in [2.45, 2.75) is 43.9 Å². The summed E-state index contributed by atoms with van der Waals surface area (Å²) in [6, 6.07) is 7.20. The first-order chi connectivity index (χ1) is 10.1. The summed E-state index contributed by atoms with van der Waals surface area (Å²) >= 11 is 0. The molecule has 0 heterocycles. The molecule has 1 aliphatic rings. The van der Waals surface area contributed by atoms with Gasteiger partial charge in [-0.3, -0.25) is 4.79 Å². The Morgan fingerprint density at radius 2 is 2.19 bits per heavy atom. The van der Waals surface area contributed by atoms with E-state index in [1.165, 1.54) is 0 Å². The van der Waals surface area contributed by atoms with Crippen LogP contribution in [-0.2, 0) is 16.0 Å². The quantitative estimate of drug-likeness (QED) is 0.858. The van der Waals surface area contributed by atoms with E-state index in [1.807, 2.05) is 24.3 Å². The molecule has 2 N–H and O–H groups in total. The number of rotatable bonds is 5. The van der Waals surface area contributed by atoms with Gasteiger partial charge in [-0.25, -0.2) is 0 Å². The summed E-state index contributed by atoms with van der Waals surface area (Å²) in [5.41, 5.74) is 0.889. The molecule has 0 aromatic heterocycles. The van der Waals surface area contributed by atoms with Crippen LogP contribution < -0.4 is 10.1 Å². The van der Waals surface area contributed by atoms with E-state index >= 15 is 0 Å². The molecule has 5 heteroatoms. The maximum atomic E-state index is 12.1. The van der Waals surface area contributed by atoms with Crippen molar-refractivity contribution < 1.29 is 19.4 Å². The van der Waals surface area contributed by atoms with Gasteiger partial charge >= 0.3 is 0 Å². The van der Waals surface area contributed by atoms with Crippen LogP contribution >= 0.6 is 0 Å². The molecular formula is C16H23NO4. The summed E-state index contributed by atoms with van der Waals surface area (Å²) in [7, 11) is 3.19. The SMILES string of the molecule is COc1cccc(CC(=O)N[C@@H]2CCC[C@@H](OC)[C@@H]2O)c1. The zero-order valence-corrected chi connectivity index (χ0v) is 12.5. The molecule has 21 heavy (non-hydrogen) atoms. The normalized spacial score (nSPS) is 25.4. The lowest BCUT2D eigenvalue weighted by Crippen LogP contribution is -2.51. The van der Waals surface area contributed by atoms with Crippen LogP contribution in [0.2, 0.25) is 0 Å². The first kappa shape index (κ1) is 15.8. The second-order valence-corrected chi connectivity index (χ2v) is 5.40. The number of methoxy groups -OCH3 is 2. The molecule has 3 atom stereocenters. The number of ether oxygens (including phenoxy) is 2. The fraction of sp³-hybridized carbons (Fsp3) is 0.562. The standard InChI is InChI=1S/C16H23NO4/c1-20-12-6-3-5-11(9-12)10-15(18)17-13-7-4-8-14(21-2)16(13)19/h3,5-6,9,13-14,16,19H,4,7-8,10H2,1-2H3,(H,17,18)/t13-,14-,16-/m1/s1. The minimum absolute atomic E-state index is 0.0935. The smallest absolute Gasteiger partial charge is 0.224 e. The molecule has 1 aliphatic carbocycles. The largest absolute Gasteiger partial charge is 0.497 e. The number of hydrogen-bond acceptors (Lipinski definition) is 4. The lowest BCUT2D eigenvalue weighted by atomic mass is 9.89. The topological polar surface area (TPSA) is 67.8 Å². The Kier molecular flexibility index (Phi) is 5.59. The van der Waals surface area contributed by atoms with E-state index in [1.54, 1.807) is 14.2 Å². The lowest BCUT2D eigenvalue weighted by molar-refractivity contribution is -0.124. The molecule has 1 amide bonds. The Morgan fingerprint density at radius 3 is 2.90 bits per heavy atom. The van der Waals surface area contributed by atoms with Gasteiger partial charge < -0.3 is 19.9 Å². The summed E-state index contributed by atoms with van der Waals surface area (Å²) in [4.78, 5) is 12.1. The van der Waals surface area contributed by atoms with Gasteiger partial charge in [0.25, 0.3) is 0 Å². The second kappa shape index (κ2) is 7.43. The van der Waals surface area contributed by atoms with E-state index in [-0.39, 0.29) is 24.5 Å². The number of aliphatic hydroxyl groups excluding tert-OH is 1. The number of benzene rings is 1. The zero-order chi connectivity index (χ0) is 15.2. The van der Waals surface area contributed by atoms with E-state index in [0.29, 0.717) is 0 Å². The molecule has 1 aromatic carbocycles. The van der Waals surface area contributed by atoms with Crippen LogP contribution in [0.1, 0.15) is 24.8 Å². The highest BCUT2D eigenvalue weighted by molar-refractivity contribution is 5.79. The summed E-state index contributed by atoms with van der Waals surface area (Å²) < 4.78 is 10.4. The van der Waals surface area contributed by atoms with Crippen molar-refractivity contribution in [1.82, 2.24) is 5.32 Å². The number of hydrogen-bond donors (Lipinski definition) is 2. The molecule has 0 saturated heterocycles. The minimum Gasteiger partial charge on any atom is -0.497 e. The number of nitrogens with one attached hydrogen (secondary N) is 1. The van der Waals surface area contributed by atoms with Gasteiger partial charge in [0.05, 0.1) is 25.7 Å². The fourth-order valence-corrected chi connectivity index (χ4v) is 2.78. The third-order valence-corrected chi connectivity index (χ3v) is 3.94. The summed E-state index contributed by atoms with van der Waals surface area (Å²) in [5, 5.41) is 13.1. The number of carbonyl (C=O) groups is 1. The third kappa shape index (κ3) is 4.19.